The summed E-state index contributed by atoms with van der Waals surface area (Å²) < 4.78 is 0. The van der Waals surface area contributed by atoms with Crippen molar-refractivity contribution in [3.8, 4) is 0 Å². The number of carbonyl (C=O) groups excluding carboxylic acids is 1. The lowest BCUT2D eigenvalue weighted by Crippen LogP contribution is -2.26. The van der Waals surface area contributed by atoms with Crippen molar-refractivity contribution in [2.45, 2.75) is 6.54 Å². The van der Waals surface area contributed by atoms with E-state index in [9.17, 15) is 9.59 Å². The van der Waals surface area contributed by atoms with Gasteiger partial charge in [-0.25, -0.2) is 14.8 Å². The van der Waals surface area contributed by atoms with Crippen LogP contribution in [-0.2, 0) is 6.54 Å². The Labute approximate surface area is 106 Å². The number of hydrogen-bond acceptors (Lipinski definition) is 5. The van der Waals surface area contributed by atoms with E-state index in [1.165, 1.54) is 10.3 Å². The molecule has 0 bridgehead atoms. The smallest absolute Gasteiger partial charge is 0.355 e. The van der Waals surface area contributed by atoms with Crippen LogP contribution in [0.1, 0.15) is 26.1 Å². The van der Waals surface area contributed by atoms with Gasteiger partial charge in [-0.3, -0.25) is 4.79 Å². The van der Waals surface area contributed by atoms with Crippen LogP contribution in [0.5, 0.6) is 0 Å². The molecular formula is C10H10N4O3S. The summed E-state index contributed by atoms with van der Waals surface area (Å²) >= 11 is 1.01. The zero-order valence-electron chi connectivity index (χ0n) is 9.45. The normalized spacial score (nSPS) is 10.3. The van der Waals surface area contributed by atoms with Gasteiger partial charge in [-0.15, -0.1) is 11.3 Å². The molecule has 1 amide bonds. The number of amides is 1. The molecule has 7 nitrogen and oxygen atoms in total. The van der Waals surface area contributed by atoms with Crippen LogP contribution in [-0.4, -0.2) is 43.9 Å². The molecule has 18 heavy (non-hydrogen) atoms. The second-order valence-electron chi connectivity index (χ2n) is 3.54. The summed E-state index contributed by atoms with van der Waals surface area (Å²) in [7, 11) is 1.60. The molecule has 2 rings (SSSR count). The van der Waals surface area contributed by atoms with Crippen LogP contribution < -0.4 is 0 Å². The van der Waals surface area contributed by atoms with E-state index in [0.717, 1.165) is 11.3 Å². The Morgan fingerprint density at radius 3 is 2.89 bits per heavy atom. The summed E-state index contributed by atoms with van der Waals surface area (Å²) in [5.41, 5.74) is -0.116. The molecule has 0 saturated heterocycles. The largest absolute Gasteiger partial charge is 0.476 e. The molecule has 0 fully saturated rings. The third kappa shape index (κ3) is 2.54. The van der Waals surface area contributed by atoms with E-state index in [2.05, 4.69) is 15.0 Å². The van der Waals surface area contributed by atoms with E-state index in [1.807, 2.05) is 0 Å². The molecular weight excluding hydrogens is 256 g/mol. The van der Waals surface area contributed by atoms with Gasteiger partial charge >= 0.3 is 5.97 Å². The minimum absolute atomic E-state index is 0.116. The lowest BCUT2D eigenvalue weighted by molar-refractivity contribution is 0.0691. The van der Waals surface area contributed by atoms with E-state index < -0.39 is 5.97 Å². The number of carboxylic acids is 1. The van der Waals surface area contributed by atoms with Gasteiger partial charge in [-0.05, 0) is 0 Å². The van der Waals surface area contributed by atoms with Gasteiger partial charge in [-0.2, -0.15) is 0 Å². The fourth-order valence-electron chi connectivity index (χ4n) is 1.31. The molecule has 94 valence electrons. The van der Waals surface area contributed by atoms with E-state index in [-0.39, 0.29) is 16.6 Å². The maximum atomic E-state index is 11.9. The Balaban J connectivity index is 2.08. The van der Waals surface area contributed by atoms with Gasteiger partial charge in [0.15, 0.2) is 10.7 Å². The molecule has 0 aromatic carbocycles. The number of hydrogen-bond donors (Lipinski definition) is 2. The van der Waals surface area contributed by atoms with Crippen molar-refractivity contribution in [1.82, 2.24) is 19.9 Å². The molecule has 2 aromatic rings. The number of thiazole rings is 1. The molecule has 2 N–H and O–H groups in total. The second kappa shape index (κ2) is 4.96. The third-order valence-corrected chi connectivity index (χ3v) is 3.03. The van der Waals surface area contributed by atoms with E-state index in [1.54, 1.807) is 19.4 Å². The maximum Gasteiger partial charge on any atom is 0.355 e. The Bertz CT molecular complexity index is 563. The monoisotopic (exact) mass is 266 g/mol. The zero-order valence-corrected chi connectivity index (χ0v) is 10.3. The summed E-state index contributed by atoms with van der Waals surface area (Å²) in [5, 5.41) is 10.2. The first-order chi connectivity index (χ1) is 8.58. The topological polar surface area (TPSA) is 99.2 Å². The van der Waals surface area contributed by atoms with Crippen LogP contribution in [0, 0.1) is 0 Å². The number of imidazole rings is 1. The van der Waals surface area contributed by atoms with Crippen LogP contribution in [0.25, 0.3) is 0 Å². The maximum absolute atomic E-state index is 11.9. The number of H-pyrrole nitrogens is 1. The molecule has 2 heterocycles. The molecule has 0 aliphatic carbocycles. The summed E-state index contributed by atoms with van der Waals surface area (Å²) in [4.78, 5) is 34.7. The first-order valence-corrected chi connectivity index (χ1v) is 5.88. The quantitative estimate of drug-likeness (QED) is 0.854. The molecule has 0 unspecified atom stereocenters. The van der Waals surface area contributed by atoms with Crippen LogP contribution in [0.15, 0.2) is 17.8 Å². The lowest BCUT2D eigenvalue weighted by atomic mass is 10.4. The molecule has 0 saturated carbocycles. The van der Waals surface area contributed by atoms with Crippen molar-refractivity contribution in [2.75, 3.05) is 7.05 Å². The fourth-order valence-corrected chi connectivity index (χ4v) is 2.10. The van der Waals surface area contributed by atoms with Gasteiger partial charge in [-0.1, -0.05) is 0 Å². The van der Waals surface area contributed by atoms with Crippen molar-refractivity contribution in [2.24, 2.45) is 0 Å². The van der Waals surface area contributed by atoms with E-state index >= 15 is 0 Å². The number of aromatic amines is 1. The Morgan fingerprint density at radius 1 is 1.56 bits per heavy atom. The highest BCUT2D eigenvalue weighted by Crippen LogP contribution is 2.12. The first-order valence-electron chi connectivity index (χ1n) is 5.00. The Hall–Kier alpha value is -2.22. The molecule has 0 radical (unpaired) electrons. The first kappa shape index (κ1) is 12.2. The number of rotatable bonds is 4. The number of aromatic nitrogens is 3. The standard InChI is InChI=1S/C10H10N4O3S/c1-14(4-7-11-2-3-12-7)9(15)8-13-6(5-18-8)10(16)17/h2-3,5H,4H2,1H3,(H,11,12)(H,16,17). The van der Waals surface area contributed by atoms with Crippen molar-refractivity contribution in [1.29, 1.82) is 0 Å². The van der Waals surface area contributed by atoms with Crippen molar-refractivity contribution >= 4 is 23.2 Å². The van der Waals surface area contributed by atoms with Gasteiger partial charge in [0.2, 0.25) is 0 Å². The summed E-state index contributed by atoms with van der Waals surface area (Å²) in [6.45, 7) is 0.313. The number of carboxylic acid groups (broad SMARTS) is 1. The minimum Gasteiger partial charge on any atom is -0.476 e. The van der Waals surface area contributed by atoms with Crippen molar-refractivity contribution in [3.05, 3.63) is 34.3 Å². The SMILES string of the molecule is CN(Cc1ncc[nH]1)C(=O)c1nc(C(=O)O)cs1. The highest BCUT2D eigenvalue weighted by molar-refractivity contribution is 7.11. The fraction of sp³-hybridized carbons (Fsp3) is 0.200. The van der Waals surface area contributed by atoms with Gasteiger partial charge in [0.1, 0.15) is 5.82 Å². The van der Waals surface area contributed by atoms with E-state index in [0.29, 0.717) is 12.4 Å². The van der Waals surface area contributed by atoms with Gasteiger partial charge in [0.25, 0.3) is 5.91 Å². The molecule has 0 aliphatic rings. The highest BCUT2D eigenvalue weighted by Gasteiger charge is 2.18. The predicted molar refractivity (Wildman–Crippen MR) is 63.5 cm³/mol. The molecule has 8 heteroatoms. The van der Waals surface area contributed by atoms with Gasteiger partial charge in [0.05, 0.1) is 6.54 Å². The minimum atomic E-state index is -1.14. The lowest BCUT2D eigenvalue weighted by Gasteiger charge is -2.13. The van der Waals surface area contributed by atoms with Crippen LogP contribution >= 0.6 is 11.3 Å². The second-order valence-corrected chi connectivity index (χ2v) is 4.40. The molecule has 0 atom stereocenters. The average Bonchev–Trinajstić information content (AvgIpc) is 2.98. The van der Waals surface area contributed by atoms with Gasteiger partial charge in [0, 0.05) is 24.8 Å². The predicted octanol–water partition coefficient (Wildman–Crippen LogP) is 0.837. The number of aromatic carboxylic acids is 1. The summed E-state index contributed by atoms with van der Waals surface area (Å²) in [5.74, 6) is -0.816. The molecule has 0 aliphatic heterocycles. The van der Waals surface area contributed by atoms with Crippen molar-refractivity contribution < 1.29 is 14.7 Å². The Kier molecular flexibility index (Phi) is 3.38. The highest BCUT2D eigenvalue weighted by atomic mass is 32.1. The number of nitrogens with one attached hydrogen (secondary N) is 1. The third-order valence-electron chi connectivity index (χ3n) is 2.19. The van der Waals surface area contributed by atoms with Crippen molar-refractivity contribution in [3.63, 3.8) is 0 Å². The number of nitrogens with zero attached hydrogens (tertiary/aromatic N) is 3. The van der Waals surface area contributed by atoms with Crippen LogP contribution in [0.4, 0.5) is 0 Å². The average molecular weight is 266 g/mol. The Morgan fingerprint density at radius 2 is 2.33 bits per heavy atom. The summed E-state index contributed by atoms with van der Waals surface area (Å²) in [6, 6.07) is 0. The number of carbonyl (C=O) groups is 2. The van der Waals surface area contributed by atoms with E-state index in [4.69, 9.17) is 5.11 Å². The molecule has 2 aromatic heterocycles. The molecule has 0 spiro atoms. The van der Waals surface area contributed by atoms with Crippen LogP contribution in [0.3, 0.4) is 0 Å². The van der Waals surface area contributed by atoms with Crippen LogP contribution in [0.2, 0.25) is 0 Å². The summed E-state index contributed by atoms with van der Waals surface area (Å²) in [6.07, 6.45) is 3.26. The van der Waals surface area contributed by atoms with Gasteiger partial charge < -0.3 is 15.0 Å². The zero-order chi connectivity index (χ0) is 13.1.